The van der Waals surface area contributed by atoms with Crippen LogP contribution in [0, 0.1) is 0 Å². The number of alkyl halides is 1. The maximum atomic E-state index is 14.1. The standard InChI is InChI=1S/C13H17ClFN/c1-12(2,15)11-9(4-3-5-10(11)14)8-13(16)6-7-13/h3-5H,6-8,16H2,1-2H3. The molecule has 1 nitrogen and oxygen atoms in total. The van der Waals surface area contributed by atoms with Crippen molar-refractivity contribution >= 4 is 11.6 Å². The zero-order valence-corrected chi connectivity index (χ0v) is 10.4. The fourth-order valence-electron chi connectivity index (χ4n) is 2.10. The molecule has 2 rings (SSSR count). The van der Waals surface area contributed by atoms with Crippen LogP contribution in [0.2, 0.25) is 5.02 Å². The van der Waals surface area contributed by atoms with Crippen LogP contribution in [0.1, 0.15) is 37.8 Å². The van der Waals surface area contributed by atoms with Crippen LogP contribution in [-0.4, -0.2) is 5.54 Å². The Bertz CT molecular complexity index is 405. The lowest BCUT2D eigenvalue weighted by atomic mass is 9.90. The molecule has 88 valence electrons. The van der Waals surface area contributed by atoms with E-state index in [1.54, 1.807) is 6.07 Å². The summed E-state index contributed by atoms with van der Waals surface area (Å²) in [6, 6.07) is 5.52. The molecule has 1 aliphatic rings. The highest BCUT2D eigenvalue weighted by molar-refractivity contribution is 6.31. The Kier molecular flexibility index (Phi) is 2.75. The molecule has 1 aromatic carbocycles. The molecule has 0 aliphatic heterocycles. The molecule has 1 aliphatic carbocycles. The zero-order chi connectivity index (χ0) is 12.0. The molecule has 0 bridgehead atoms. The van der Waals surface area contributed by atoms with E-state index >= 15 is 0 Å². The van der Waals surface area contributed by atoms with Crippen LogP contribution in [0.25, 0.3) is 0 Å². The first-order valence-electron chi connectivity index (χ1n) is 5.57. The van der Waals surface area contributed by atoms with E-state index in [0.717, 1.165) is 24.8 Å². The van der Waals surface area contributed by atoms with Crippen molar-refractivity contribution in [2.24, 2.45) is 5.73 Å². The van der Waals surface area contributed by atoms with Crippen molar-refractivity contribution in [3.63, 3.8) is 0 Å². The van der Waals surface area contributed by atoms with Crippen molar-refractivity contribution < 1.29 is 4.39 Å². The summed E-state index contributed by atoms with van der Waals surface area (Å²) < 4.78 is 14.1. The van der Waals surface area contributed by atoms with E-state index in [-0.39, 0.29) is 5.54 Å². The third-order valence-corrected chi connectivity index (χ3v) is 3.44. The van der Waals surface area contributed by atoms with Gasteiger partial charge in [0.1, 0.15) is 5.67 Å². The van der Waals surface area contributed by atoms with Gasteiger partial charge in [0.2, 0.25) is 0 Å². The first-order chi connectivity index (χ1) is 7.32. The Morgan fingerprint density at radius 1 is 1.44 bits per heavy atom. The number of nitrogens with two attached hydrogens (primary N) is 1. The Morgan fingerprint density at radius 3 is 2.56 bits per heavy atom. The van der Waals surface area contributed by atoms with E-state index in [1.807, 2.05) is 12.1 Å². The van der Waals surface area contributed by atoms with E-state index in [9.17, 15) is 4.39 Å². The van der Waals surface area contributed by atoms with E-state index in [2.05, 4.69) is 0 Å². The molecule has 0 saturated heterocycles. The second-order valence-corrected chi connectivity index (χ2v) is 5.69. The largest absolute Gasteiger partial charge is 0.325 e. The van der Waals surface area contributed by atoms with Gasteiger partial charge in [-0.3, -0.25) is 0 Å². The fraction of sp³-hybridized carbons (Fsp3) is 0.538. The lowest BCUT2D eigenvalue weighted by Gasteiger charge is -2.22. The highest BCUT2D eigenvalue weighted by atomic mass is 35.5. The average Bonchev–Trinajstić information content (AvgIpc) is 2.80. The topological polar surface area (TPSA) is 26.0 Å². The van der Waals surface area contributed by atoms with E-state index in [0.29, 0.717) is 10.6 Å². The Hall–Kier alpha value is -0.600. The fourth-order valence-corrected chi connectivity index (χ4v) is 2.52. The summed E-state index contributed by atoms with van der Waals surface area (Å²) in [6.45, 7) is 3.07. The number of benzene rings is 1. The van der Waals surface area contributed by atoms with Crippen molar-refractivity contribution in [3.8, 4) is 0 Å². The van der Waals surface area contributed by atoms with Gasteiger partial charge < -0.3 is 5.73 Å². The van der Waals surface area contributed by atoms with Gasteiger partial charge >= 0.3 is 0 Å². The second kappa shape index (κ2) is 3.71. The van der Waals surface area contributed by atoms with Gasteiger partial charge in [-0.25, -0.2) is 4.39 Å². The second-order valence-electron chi connectivity index (χ2n) is 5.29. The first-order valence-corrected chi connectivity index (χ1v) is 5.95. The SMILES string of the molecule is CC(C)(F)c1c(Cl)cccc1CC1(N)CC1. The van der Waals surface area contributed by atoms with Gasteiger partial charge in [-0.2, -0.15) is 0 Å². The molecule has 0 aromatic heterocycles. The summed E-state index contributed by atoms with van der Waals surface area (Å²) in [6.07, 6.45) is 2.76. The molecule has 0 spiro atoms. The molecule has 3 heteroatoms. The quantitative estimate of drug-likeness (QED) is 0.860. The van der Waals surface area contributed by atoms with Crippen LogP contribution in [0.3, 0.4) is 0 Å². The minimum absolute atomic E-state index is 0.120. The Balaban J connectivity index is 2.40. The normalized spacial score (nSPS) is 18.6. The molecule has 0 amide bonds. The molecule has 1 saturated carbocycles. The van der Waals surface area contributed by atoms with Crippen molar-refractivity contribution in [2.75, 3.05) is 0 Å². The van der Waals surface area contributed by atoms with E-state index < -0.39 is 5.67 Å². The lowest BCUT2D eigenvalue weighted by Crippen LogP contribution is -2.26. The van der Waals surface area contributed by atoms with E-state index in [4.69, 9.17) is 17.3 Å². The van der Waals surface area contributed by atoms with Crippen LogP contribution in [0.4, 0.5) is 4.39 Å². The van der Waals surface area contributed by atoms with Crippen molar-refractivity contribution in [2.45, 2.75) is 44.3 Å². The van der Waals surface area contributed by atoms with Gasteiger partial charge in [-0.15, -0.1) is 0 Å². The zero-order valence-electron chi connectivity index (χ0n) is 9.69. The Labute approximate surface area is 101 Å². The summed E-state index contributed by atoms with van der Waals surface area (Å²) >= 11 is 6.08. The summed E-state index contributed by atoms with van der Waals surface area (Å²) in [5.41, 5.74) is 6.07. The number of hydrogen-bond donors (Lipinski definition) is 1. The van der Waals surface area contributed by atoms with Gasteiger partial charge in [0.05, 0.1) is 0 Å². The van der Waals surface area contributed by atoms with Crippen LogP contribution in [0.5, 0.6) is 0 Å². The van der Waals surface area contributed by atoms with Gasteiger partial charge in [-0.05, 0) is 44.7 Å². The highest BCUT2D eigenvalue weighted by Gasteiger charge is 2.39. The van der Waals surface area contributed by atoms with Crippen molar-refractivity contribution in [1.29, 1.82) is 0 Å². The number of halogens is 2. The maximum absolute atomic E-state index is 14.1. The predicted molar refractivity (Wildman–Crippen MR) is 65.4 cm³/mol. The molecule has 16 heavy (non-hydrogen) atoms. The summed E-state index contributed by atoms with van der Waals surface area (Å²) in [5.74, 6) is 0. The average molecular weight is 242 g/mol. The monoisotopic (exact) mass is 241 g/mol. The van der Waals surface area contributed by atoms with Gasteiger partial charge in [-0.1, -0.05) is 23.7 Å². The Morgan fingerprint density at radius 2 is 2.06 bits per heavy atom. The highest BCUT2D eigenvalue weighted by Crippen LogP contribution is 2.40. The molecule has 0 radical (unpaired) electrons. The van der Waals surface area contributed by atoms with E-state index in [1.165, 1.54) is 13.8 Å². The van der Waals surface area contributed by atoms with Crippen LogP contribution in [-0.2, 0) is 12.1 Å². The summed E-state index contributed by atoms with van der Waals surface area (Å²) in [7, 11) is 0. The molecule has 2 N–H and O–H groups in total. The van der Waals surface area contributed by atoms with Gasteiger partial charge in [0, 0.05) is 16.1 Å². The van der Waals surface area contributed by atoms with Crippen LogP contribution >= 0.6 is 11.6 Å². The van der Waals surface area contributed by atoms with Crippen molar-refractivity contribution in [1.82, 2.24) is 0 Å². The molecule has 1 fully saturated rings. The van der Waals surface area contributed by atoms with Crippen LogP contribution in [0.15, 0.2) is 18.2 Å². The summed E-state index contributed by atoms with van der Waals surface area (Å²) in [5, 5.41) is 0.495. The minimum Gasteiger partial charge on any atom is -0.325 e. The summed E-state index contributed by atoms with van der Waals surface area (Å²) in [4.78, 5) is 0. The number of hydrogen-bond acceptors (Lipinski definition) is 1. The van der Waals surface area contributed by atoms with Gasteiger partial charge in [0.15, 0.2) is 0 Å². The molecular formula is C13H17ClFN. The third kappa shape index (κ3) is 2.38. The van der Waals surface area contributed by atoms with Crippen molar-refractivity contribution in [3.05, 3.63) is 34.3 Å². The van der Waals surface area contributed by atoms with Crippen LogP contribution < -0.4 is 5.73 Å². The molecule has 1 aromatic rings. The lowest BCUT2D eigenvalue weighted by molar-refractivity contribution is 0.219. The molecular weight excluding hydrogens is 225 g/mol. The first kappa shape index (κ1) is 11.9. The smallest absolute Gasteiger partial charge is 0.132 e. The predicted octanol–water partition coefficient (Wildman–Crippen LogP) is 3.58. The third-order valence-electron chi connectivity index (χ3n) is 3.13. The number of rotatable bonds is 3. The molecule has 0 heterocycles. The van der Waals surface area contributed by atoms with Gasteiger partial charge in [0.25, 0.3) is 0 Å². The minimum atomic E-state index is -1.42. The molecule has 0 atom stereocenters. The molecule has 0 unspecified atom stereocenters. The maximum Gasteiger partial charge on any atom is 0.132 e.